The number of hydrogen-bond acceptors (Lipinski definition) is 3. The molecule has 0 radical (unpaired) electrons. The van der Waals surface area contributed by atoms with Crippen molar-refractivity contribution in [3.63, 3.8) is 0 Å². The van der Waals surface area contributed by atoms with Gasteiger partial charge in [-0.1, -0.05) is 19.9 Å². The molecule has 3 aliphatic rings. The Morgan fingerprint density at radius 1 is 1.36 bits per heavy atom. The van der Waals surface area contributed by atoms with Crippen LogP contribution >= 0.6 is 0 Å². The summed E-state index contributed by atoms with van der Waals surface area (Å²) in [5.41, 5.74) is 1.65. The summed E-state index contributed by atoms with van der Waals surface area (Å²) < 4.78 is 20.5. The molecule has 3 nitrogen and oxygen atoms in total. The maximum atomic E-state index is 15.3. The van der Waals surface area contributed by atoms with Gasteiger partial charge in [-0.05, 0) is 60.3 Å². The summed E-state index contributed by atoms with van der Waals surface area (Å²) in [6, 6.07) is 5.60. The molecular formula is C21H25FO3. The molecule has 3 aliphatic carbocycles. The van der Waals surface area contributed by atoms with E-state index in [0.717, 1.165) is 24.0 Å². The van der Waals surface area contributed by atoms with Crippen LogP contribution in [0.1, 0.15) is 57.1 Å². The predicted octanol–water partition coefficient (Wildman–Crippen LogP) is 4.23. The van der Waals surface area contributed by atoms with Crippen LogP contribution in [-0.2, 0) is 16.0 Å². The number of carbonyl (C=O) groups excluding carboxylic acids is 2. The summed E-state index contributed by atoms with van der Waals surface area (Å²) in [4.78, 5) is 23.6. The van der Waals surface area contributed by atoms with E-state index in [9.17, 15) is 9.59 Å². The van der Waals surface area contributed by atoms with Crippen LogP contribution in [0.15, 0.2) is 18.2 Å². The van der Waals surface area contributed by atoms with Gasteiger partial charge in [0.2, 0.25) is 0 Å². The van der Waals surface area contributed by atoms with Crippen LogP contribution < -0.4 is 4.74 Å². The summed E-state index contributed by atoms with van der Waals surface area (Å²) in [6.45, 7) is 5.55. The molecule has 4 rings (SSSR count). The van der Waals surface area contributed by atoms with Gasteiger partial charge in [-0.15, -0.1) is 0 Å². The Balaban J connectivity index is 1.74. The van der Waals surface area contributed by atoms with Gasteiger partial charge in [0.25, 0.3) is 0 Å². The Morgan fingerprint density at radius 3 is 2.84 bits per heavy atom. The fourth-order valence-corrected chi connectivity index (χ4v) is 5.95. The van der Waals surface area contributed by atoms with Crippen LogP contribution in [0.3, 0.4) is 0 Å². The Bertz CT molecular complexity index is 743. The monoisotopic (exact) mass is 344 g/mol. The molecule has 0 saturated heterocycles. The van der Waals surface area contributed by atoms with Gasteiger partial charge in [0.1, 0.15) is 17.7 Å². The molecule has 2 fully saturated rings. The number of rotatable bonds is 1. The van der Waals surface area contributed by atoms with Gasteiger partial charge in [0.15, 0.2) is 0 Å². The average molecular weight is 344 g/mol. The van der Waals surface area contributed by atoms with Crippen molar-refractivity contribution in [2.45, 2.75) is 58.5 Å². The van der Waals surface area contributed by atoms with Gasteiger partial charge in [-0.2, -0.15) is 0 Å². The molecule has 1 aromatic carbocycles. The van der Waals surface area contributed by atoms with E-state index in [2.05, 4.69) is 6.92 Å². The van der Waals surface area contributed by atoms with Crippen LogP contribution in [0, 0.1) is 23.2 Å². The van der Waals surface area contributed by atoms with Crippen molar-refractivity contribution in [1.82, 2.24) is 0 Å². The molecular weight excluding hydrogens is 319 g/mol. The minimum atomic E-state index is -0.991. The number of hydrogen-bond donors (Lipinski definition) is 0. The van der Waals surface area contributed by atoms with Gasteiger partial charge in [0, 0.05) is 24.7 Å². The van der Waals surface area contributed by atoms with Gasteiger partial charge >= 0.3 is 5.97 Å². The molecule has 0 amide bonds. The summed E-state index contributed by atoms with van der Waals surface area (Å²) in [5.74, 6) is 1.11. The van der Waals surface area contributed by atoms with Gasteiger partial charge < -0.3 is 4.74 Å². The van der Waals surface area contributed by atoms with Gasteiger partial charge in [0.05, 0.1) is 0 Å². The number of esters is 1. The van der Waals surface area contributed by atoms with E-state index >= 15 is 4.39 Å². The number of halogens is 1. The lowest BCUT2D eigenvalue weighted by molar-refractivity contribution is -0.132. The highest BCUT2D eigenvalue weighted by atomic mass is 19.1. The first-order valence-corrected chi connectivity index (χ1v) is 9.30. The zero-order chi connectivity index (χ0) is 17.9. The van der Waals surface area contributed by atoms with Crippen LogP contribution in [0.4, 0.5) is 4.39 Å². The summed E-state index contributed by atoms with van der Waals surface area (Å²) in [5, 5.41) is 0. The highest BCUT2D eigenvalue weighted by molar-refractivity contribution is 5.87. The van der Waals surface area contributed by atoms with E-state index in [1.807, 2.05) is 19.1 Å². The van der Waals surface area contributed by atoms with Crippen LogP contribution in [0.2, 0.25) is 0 Å². The Labute approximate surface area is 147 Å². The number of ketones is 1. The fraction of sp³-hybridized carbons (Fsp3) is 0.619. The highest BCUT2D eigenvalue weighted by Gasteiger charge is 2.59. The lowest BCUT2D eigenvalue weighted by Gasteiger charge is -2.52. The third-order valence-electron chi connectivity index (χ3n) is 6.96. The Hall–Kier alpha value is -1.71. The minimum absolute atomic E-state index is 0.144. The van der Waals surface area contributed by atoms with Crippen molar-refractivity contribution in [2.75, 3.05) is 0 Å². The Morgan fingerprint density at radius 2 is 2.12 bits per heavy atom. The fourth-order valence-electron chi connectivity index (χ4n) is 5.95. The number of Topliss-reactive ketones (excluding diaryl/α,β-unsaturated/α-hetero) is 1. The molecule has 4 heteroatoms. The normalized spacial score (nSPS) is 39.4. The standard InChI is InChI=1S/C21H25FO3/c1-11-8-13-9-14(25-12(2)23)4-5-15(13)20-17(22)10-21(3)16(19(11)20)6-7-18(21)24/h4-5,9,11,16-17,19-20H,6-8,10H2,1-3H3/t11-,16+,17+,19+,20+,21+/m1/s1. The second-order valence-electron chi connectivity index (χ2n) is 8.44. The number of ether oxygens (including phenoxy) is 1. The molecule has 2 saturated carbocycles. The van der Waals surface area contributed by atoms with Crippen molar-refractivity contribution in [1.29, 1.82) is 0 Å². The van der Waals surface area contributed by atoms with E-state index in [1.54, 1.807) is 6.07 Å². The third-order valence-corrected chi connectivity index (χ3v) is 6.96. The summed E-state index contributed by atoms with van der Waals surface area (Å²) >= 11 is 0. The van der Waals surface area contributed by atoms with E-state index in [1.165, 1.54) is 6.92 Å². The number of benzene rings is 1. The molecule has 0 aromatic heterocycles. The first-order valence-electron chi connectivity index (χ1n) is 9.30. The maximum absolute atomic E-state index is 15.3. The van der Waals surface area contributed by atoms with E-state index in [4.69, 9.17) is 4.74 Å². The van der Waals surface area contributed by atoms with Crippen molar-refractivity contribution in [2.24, 2.45) is 23.2 Å². The number of carbonyl (C=O) groups is 2. The largest absolute Gasteiger partial charge is 0.427 e. The lowest BCUT2D eigenvalue weighted by atomic mass is 9.52. The molecule has 6 atom stereocenters. The Kier molecular flexibility index (Phi) is 3.78. The van der Waals surface area contributed by atoms with Crippen molar-refractivity contribution >= 4 is 11.8 Å². The molecule has 0 N–H and O–H groups in total. The molecule has 0 aliphatic heterocycles. The molecule has 1 aromatic rings. The van der Waals surface area contributed by atoms with Crippen LogP contribution in [-0.4, -0.2) is 17.9 Å². The van der Waals surface area contributed by atoms with Crippen molar-refractivity contribution in [3.05, 3.63) is 29.3 Å². The summed E-state index contributed by atoms with van der Waals surface area (Å²) in [6.07, 6.45) is 1.69. The van der Waals surface area contributed by atoms with Crippen molar-refractivity contribution < 1.29 is 18.7 Å². The zero-order valence-electron chi connectivity index (χ0n) is 15.0. The number of fused-ring (bicyclic) bond motifs is 5. The van der Waals surface area contributed by atoms with Crippen LogP contribution in [0.5, 0.6) is 5.75 Å². The lowest BCUT2D eigenvalue weighted by Crippen LogP contribution is -2.50. The molecule has 25 heavy (non-hydrogen) atoms. The average Bonchev–Trinajstić information content (AvgIpc) is 2.81. The molecule has 0 spiro atoms. The van der Waals surface area contributed by atoms with Gasteiger partial charge in [-0.3, -0.25) is 9.59 Å². The quantitative estimate of drug-likeness (QED) is 0.565. The molecule has 134 valence electrons. The summed E-state index contributed by atoms with van der Waals surface area (Å²) in [7, 11) is 0. The molecule has 0 heterocycles. The van der Waals surface area contributed by atoms with E-state index in [-0.39, 0.29) is 29.5 Å². The second-order valence-corrected chi connectivity index (χ2v) is 8.44. The number of alkyl halides is 1. The van der Waals surface area contributed by atoms with E-state index < -0.39 is 11.6 Å². The first kappa shape index (κ1) is 16.7. The minimum Gasteiger partial charge on any atom is -0.427 e. The highest BCUT2D eigenvalue weighted by Crippen LogP contribution is 2.61. The van der Waals surface area contributed by atoms with Crippen molar-refractivity contribution in [3.8, 4) is 5.75 Å². The maximum Gasteiger partial charge on any atom is 0.308 e. The molecule has 0 unspecified atom stereocenters. The second kappa shape index (κ2) is 5.65. The van der Waals surface area contributed by atoms with Gasteiger partial charge in [-0.25, -0.2) is 4.39 Å². The smallest absolute Gasteiger partial charge is 0.308 e. The topological polar surface area (TPSA) is 43.4 Å². The zero-order valence-corrected chi connectivity index (χ0v) is 15.0. The first-order chi connectivity index (χ1) is 11.8. The SMILES string of the molecule is CC(=O)Oc1ccc2c(c1)C[C@@H](C)[C@@H]1[C@@H]2[C@@H](F)C[C@]2(C)C(=O)CC[C@@H]12. The third kappa shape index (κ3) is 2.44. The van der Waals surface area contributed by atoms with E-state index in [0.29, 0.717) is 24.5 Å². The predicted molar refractivity (Wildman–Crippen MR) is 92.2 cm³/mol. The molecule has 0 bridgehead atoms. The van der Waals surface area contributed by atoms with Crippen LogP contribution in [0.25, 0.3) is 0 Å².